The maximum Gasteiger partial charge on any atom is 0.0339 e. The molecule has 2 unspecified atom stereocenters. The third-order valence-electron chi connectivity index (χ3n) is 3.06. The van der Waals surface area contributed by atoms with Crippen molar-refractivity contribution >= 4 is 11.8 Å². The molecule has 0 saturated carbocycles. The second-order valence-electron chi connectivity index (χ2n) is 4.51. The van der Waals surface area contributed by atoms with Gasteiger partial charge in [0.2, 0.25) is 0 Å². The lowest BCUT2D eigenvalue weighted by atomic mass is 9.97. The first-order valence-corrected chi connectivity index (χ1v) is 6.45. The van der Waals surface area contributed by atoms with Crippen molar-refractivity contribution in [1.82, 2.24) is 5.32 Å². The zero-order chi connectivity index (χ0) is 11.0. The van der Waals surface area contributed by atoms with E-state index in [9.17, 15) is 0 Å². The van der Waals surface area contributed by atoms with E-state index in [-0.39, 0.29) is 0 Å². The molecule has 0 aromatic heterocycles. The summed E-state index contributed by atoms with van der Waals surface area (Å²) >= 11 is 2.03. The zero-order valence-electron chi connectivity index (χ0n) is 9.92. The van der Waals surface area contributed by atoms with Gasteiger partial charge in [-0.1, -0.05) is 24.6 Å². The van der Waals surface area contributed by atoms with Crippen molar-refractivity contribution < 1.29 is 0 Å². The second-order valence-corrected chi connectivity index (χ2v) is 5.95. The summed E-state index contributed by atoms with van der Waals surface area (Å²) in [5.41, 5.74) is 4.31. The minimum Gasteiger partial charge on any atom is -0.313 e. The quantitative estimate of drug-likeness (QED) is 0.779. The van der Waals surface area contributed by atoms with Gasteiger partial charge in [-0.25, -0.2) is 0 Å². The molecule has 1 heterocycles. The first-order valence-electron chi connectivity index (χ1n) is 5.57. The van der Waals surface area contributed by atoms with Crippen LogP contribution in [0.15, 0.2) is 17.0 Å². The van der Waals surface area contributed by atoms with Crippen LogP contribution in [0.2, 0.25) is 0 Å². The average Bonchev–Trinajstić information content (AvgIpc) is 2.18. The van der Waals surface area contributed by atoms with Crippen LogP contribution in [0.4, 0.5) is 0 Å². The Morgan fingerprint density at radius 2 is 2.07 bits per heavy atom. The van der Waals surface area contributed by atoms with E-state index in [1.54, 1.807) is 0 Å². The summed E-state index contributed by atoms with van der Waals surface area (Å²) in [4.78, 5) is 1.50. The number of rotatable bonds is 1. The van der Waals surface area contributed by atoms with Crippen molar-refractivity contribution in [2.24, 2.45) is 0 Å². The summed E-state index contributed by atoms with van der Waals surface area (Å²) in [6, 6.07) is 5.16. The van der Waals surface area contributed by atoms with Crippen molar-refractivity contribution in [3.05, 3.63) is 28.8 Å². The summed E-state index contributed by atoms with van der Waals surface area (Å²) in [7, 11) is 2.06. The molecule has 1 N–H and O–H groups in total. The van der Waals surface area contributed by atoms with Gasteiger partial charge < -0.3 is 5.32 Å². The Morgan fingerprint density at radius 3 is 2.73 bits per heavy atom. The molecular weight excluding hydrogens is 202 g/mol. The molecule has 0 saturated heterocycles. The van der Waals surface area contributed by atoms with E-state index in [1.807, 2.05) is 11.8 Å². The van der Waals surface area contributed by atoms with Crippen molar-refractivity contribution in [3.8, 4) is 0 Å². The lowest BCUT2D eigenvalue weighted by Gasteiger charge is -2.30. The summed E-state index contributed by atoms with van der Waals surface area (Å²) in [5.74, 6) is 0. The minimum absolute atomic E-state index is 0.537. The molecule has 2 atom stereocenters. The standard InChI is InChI=1S/C13H19NS/c1-8-5-9(2)13-11(6-8)12(14-4)7-10(3)15-13/h5-6,10,12,14H,7H2,1-4H3. The summed E-state index contributed by atoms with van der Waals surface area (Å²) in [6.45, 7) is 6.73. The normalized spacial score (nSPS) is 25.1. The predicted octanol–water partition coefficient (Wildman–Crippen LogP) is 3.45. The van der Waals surface area contributed by atoms with E-state index in [0.717, 1.165) is 5.25 Å². The first-order chi connectivity index (χ1) is 7.11. The first kappa shape index (κ1) is 11.0. The lowest BCUT2D eigenvalue weighted by molar-refractivity contribution is 0.530. The Hall–Kier alpha value is -0.470. The van der Waals surface area contributed by atoms with E-state index >= 15 is 0 Å². The van der Waals surface area contributed by atoms with Crippen molar-refractivity contribution in [1.29, 1.82) is 0 Å². The SMILES string of the molecule is CNC1CC(C)Sc2c(C)cc(C)cc21. The van der Waals surface area contributed by atoms with Crippen LogP contribution in [0.5, 0.6) is 0 Å². The number of fused-ring (bicyclic) bond motifs is 1. The Bertz CT molecular complexity index is 373. The molecule has 82 valence electrons. The molecule has 0 fully saturated rings. The third-order valence-corrected chi connectivity index (χ3v) is 4.45. The van der Waals surface area contributed by atoms with Crippen LogP contribution in [0.25, 0.3) is 0 Å². The smallest absolute Gasteiger partial charge is 0.0339 e. The number of hydrogen-bond donors (Lipinski definition) is 1. The summed E-state index contributed by atoms with van der Waals surface area (Å²) in [6.07, 6.45) is 1.23. The summed E-state index contributed by atoms with van der Waals surface area (Å²) in [5, 5.41) is 4.15. The molecule has 0 spiro atoms. The van der Waals surface area contributed by atoms with Crippen LogP contribution >= 0.6 is 11.8 Å². The van der Waals surface area contributed by atoms with Gasteiger partial charge in [-0.15, -0.1) is 11.8 Å². The molecule has 1 aromatic carbocycles. The van der Waals surface area contributed by atoms with Crippen molar-refractivity contribution in [3.63, 3.8) is 0 Å². The number of aryl methyl sites for hydroxylation is 2. The monoisotopic (exact) mass is 221 g/mol. The van der Waals surface area contributed by atoms with Gasteiger partial charge in [0.1, 0.15) is 0 Å². The van der Waals surface area contributed by atoms with Gasteiger partial charge in [0, 0.05) is 16.2 Å². The summed E-state index contributed by atoms with van der Waals surface area (Å²) < 4.78 is 0. The van der Waals surface area contributed by atoms with Gasteiger partial charge in [0.05, 0.1) is 0 Å². The predicted molar refractivity (Wildman–Crippen MR) is 67.7 cm³/mol. The molecule has 2 rings (SSSR count). The van der Waals surface area contributed by atoms with Gasteiger partial charge in [0.15, 0.2) is 0 Å². The molecule has 0 amide bonds. The molecule has 1 nitrogen and oxygen atoms in total. The fourth-order valence-electron chi connectivity index (χ4n) is 2.39. The highest BCUT2D eigenvalue weighted by molar-refractivity contribution is 8.00. The number of nitrogens with one attached hydrogen (secondary N) is 1. The Morgan fingerprint density at radius 1 is 1.33 bits per heavy atom. The molecule has 0 aliphatic carbocycles. The van der Waals surface area contributed by atoms with Gasteiger partial charge in [0.25, 0.3) is 0 Å². The zero-order valence-corrected chi connectivity index (χ0v) is 10.7. The van der Waals surface area contributed by atoms with Crippen LogP contribution in [0.3, 0.4) is 0 Å². The number of benzene rings is 1. The molecule has 2 heteroatoms. The highest BCUT2D eigenvalue weighted by Gasteiger charge is 2.25. The van der Waals surface area contributed by atoms with Crippen LogP contribution in [-0.2, 0) is 0 Å². The van der Waals surface area contributed by atoms with E-state index in [1.165, 1.54) is 28.0 Å². The fourth-order valence-corrected chi connectivity index (χ4v) is 3.66. The Balaban J connectivity index is 2.51. The molecule has 0 bridgehead atoms. The van der Waals surface area contributed by atoms with E-state index in [0.29, 0.717) is 6.04 Å². The lowest BCUT2D eigenvalue weighted by Crippen LogP contribution is -2.24. The maximum absolute atomic E-state index is 3.43. The second kappa shape index (κ2) is 4.18. The van der Waals surface area contributed by atoms with E-state index < -0.39 is 0 Å². The van der Waals surface area contributed by atoms with Crippen LogP contribution < -0.4 is 5.32 Å². The highest BCUT2D eigenvalue weighted by Crippen LogP contribution is 2.42. The number of thioether (sulfide) groups is 1. The number of hydrogen-bond acceptors (Lipinski definition) is 2. The molecule has 0 radical (unpaired) electrons. The Kier molecular flexibility index (Phi) is 3.08. The molecule has 1 aromatic rings. The van der Waals surface area contributed by atoms with Gasteiger partial charge in [-0.2, -0.15) is 0 Å². The Labute approximate surface area is 96.7 Å². The maximum atomic E-state index is 3.43. The molecule has 15 heavy (non-hydrogen) atoms. The van der Waals surface area contributed by atoms with Crippen molar-refractivity contribution in [2.45, 2.75) is 43.4 Å². The third kappa shape index (κ3) is 2.06. The fraction of sp³-hybridized carbons (Fsp3) is 0.538. The molecule has 1 aliphatic heterocycles. The van der Waals surface area contributed by atoms with Gasteiger partial charge in [-0.3, -0.25) is 0 Å². The van der Waals surface area contributed by atoms with Gasteiger partial charge >= 0.3 is 0 Å². The average molecular weight is 221 g/mol. The largest absolute Gasteiger partial charge is 0.313 e. The molecule has 1 aliphatic rings. The topological polar surface area (TPSA) is 12.0 Å². The van der Waals surface area contributed by atoms with Crippen LogP contribution in [0.1, 0.15) is 36.1 Å². The van der Waals surface area contributed by atoms with E-state index in [4.69, 9.17) is 0 Å². The van der Waals surface area contributed by atoms with Gasteiger partial charge in [-0.05, 0) is 38.4 Å². The minimum atomic E-state index is 0.537. The molecular formula is C13H19NS. The van der Waals surface area contributed by atoms with Crippen molar-refractivity contribution in [2.75, 3.05) is 7.05 Å². The van der Waals surface area contributed by atoms with Crippen LogP contribution in [-0.4, -0.2) is 12.3 Å². The van der Waals surface area contributed by atoms with E-state index in [2.05, 4.69) is 45.3 Å². The van der Waals surface area contributed by atoms with Crippen LogP contribution in [0, 0.1) is 13.8 Å². The highest BCUT2D eigenvalue weighted by atomic mass is 32.2.